The smallest absolute Gasteiger partial charge is 0.274 e. The Bertz CT molecular complexity index is 989. The number of likely N-dealkylation sites (tertiary alicyclic amines) is 1. The van der Waals surface area contributed by atoms with E-state index in [1.54, 1.807) is 10.8 Å². The SMILES string of the molecule is Cc1cccc(OC2CCN(C(=O)c3cc(C(C)C)c4nncn4n3)CC2)c1. The summed E-state index contributed by atoms with van der Waals surface area (Å²) in [6, 6.07) is 9.94. The van der Waals surface area contributed by atoms with Gasteiger partial charge in [-0.3, -0.25) is 4.79 Å². The Morgan fingerprint density at radius 2 is 2.00 bits per heavy atom. The number of ether oxygens (including phenoxy) is 1. The third kappa shape index (κ3) is 3.69. The first kappa shape index (κ1) is 18.4. The summed E-state index contributed by atoms with van der Waals surface area (Å²) in [5.74, 6) is 1.08. The lowest BCUT2D eigenvalue weighted by Gasteiger charge is -2.32. The van der Waals surface area contributed by atoms with Crippen molar-refractivity contribution in [2.75, 3.05) is 13.1 Å². The van der Waals surface area contributed by atoms with E-state index in [0.29, 0.717) is 24.4 Å². The first-order valence-corrected chi connectivity index (χ1v) is 9.75. The maximum atomic E-state index is 13.0. The second kappa shape index (κ2) is 7.58. The molecule has 0 saturated carbocycles. The van der Waals surface area contributed by atoms with Crippen LogP contribution in [-0.2, 0) is 0 Å². The number of carbonyl (C=O) groups is 1. The Balaban J connectivity index is 1.45. The average Bonchev–Trinajstić information content (AvgIpc) is 3.16. The zero-order valence-corrected chi connectivity index (χ0v) is 16.5. The van der Waals surface area contributed by atoms with Gasteiger partial charge in [-0.15, -0.1) is 10.2 Å². The average molecular weight is 379 g/mol. The molecule has 2 aromatic heterocycles. The molecular formula is C21H25N5O2. The summed E-state index contributed by atoms with van der Waals surface area (Å²) in [6.07, 6.45) is 3.29. The van der Waals surface area contributed by atoms with Gasteiger partial charge in [-0.2, -0.15) is 9.61 Å². The van der Waals surface area contributed by atoms with Crippen molar-refractivity contribution in [2.45, 2.75) is 45.6 Å². The van der Waals surface area contributed by atoms with Gasteiger partial charge in [0.2, 0.25) is 0 Å². The molecule has 0 radical (unpaired) electrons. The Morgan fingerprint density at radius 1 is 1.21 bits per heavy atom. The molecule has 1 saturated heterocycles. The Morgan fingerprint density at radius 3 is 2.71 bits per heavy atom. The summed E-state index contributed by atoms with van der Waals surface area (Å²) >= 11 is 0. The van der Waals surface area contributed by atoms with E-state index in [0.717, 1.165) is 24.2 Å². The Kier molecular flexibility index (Phi) is 4.98. The number of rotatable bonds is 4. The highest BCUT2D eigenvalue weighted by Gasteiger charge is 2.26. The third-order valence-corrected chi connectivity index (χ3v) is 5.16. The summed E-state index contributed by atoms with van der Waals surface area (Å²) in [6.45, 7) is 7.53. The van der Waals surface area contributed by atoms with Crippen molar-refractivity contribution in [3.8, 4) is 5.75 Å². The molecule has 1 aliphatic rings. The van der Waals surface area contributed by atoms with E-state index < -0.39 is 0 Å². The van der Waals surface area contributed by atoms with Gasteiger partial charge in [-0.1, -0.05) is 26.0 Å². The molecule has 7 nitrogen and oxygen atoms in total. The highest BCUT2D eigenvalue weighted by molar-refractivity contribution is 5.92. The predicted octanol–water partition coefficient (Wildman–Crippen LogP) is 3.24. The molecule has 3 heterocycles. The van der Waals surface area contributed by atoms with Gasteiger partial charge in [-0.05, 0) is 36.6 Å². The summed E-state index contributed by atoms with van der Waals surface area (Å²) < 4.78 is 7.69. The monoisotopic (exact) mass is 379 g/mol. The maximum Gasteiger partial charge on any atom is 0.274 e. The van der Waals surface area contributed by atoms with E-state index in [9.17, 15) is 4.79 Å². The van der Waals surface area contributed by atoms with Crippen molar-refractivity contribution in [3.63, 3.8) is 0 Å². The van der Waals surface area contributed by atoms with Crippen molar-refractivity contribution < 1.29 is 9.53 Å². The second-order valence-corrected chi connectivity index (χ2v) is 7.66. The molecule has 28 heavy (non-hydrogen) atoms. The fourth-order valence-electron chi connectivity index (χ4n) is 3.60. The van der Waals surface area contributed by atoms with Gasteiger partial charge >= 0.3 is 0 Å². The lowest BCUT2D eigenvalue weighted by molar-refractivity contribution is 0.0588. The quantitative estimate of drug-likeness (QED) is 0.696. The molecule has 7 heteroatoms. The van der Waals surface area contributed by atoms with Gasteiger partial charge in [0.05, 0.1) is 0 Å². The van der Waals surface area contributed by atoms with Crippen LogP contribution in [0, 0.1) is 6.92 Å². The van der Waals surface area contributed by atoms with Crippen LogP contribution in [0.5, 0.6) is 5.75 Å². The van der Waals surface area contributed by atoms with Gasteiger partial charge < -0.3 is 9.64 Å². The van der Waals surface area contributed by atoms with Crippen LogP contribution < -0.4 is 4.74 Å². The standard InChI is InChI=1S/C21H25N5O2/c1-14(2)18-12-19(24-26-13-22-23-20(18)26)21(27)25-9-7-16(8-10-25)28-17-6-4-5-15(3)11-17/h4-6,11-14,16H,7-10H2,1-3H3. The number of carbonyl (C=O) groups excluding carboxylic acids is 1. The molecule has 1 aliphatic heterocycles. The molecule has 3 aromatic rings. The van der Waals surface area contributed by atoms with Gasteiger partial charge in [0.1, 0.15) is 23.9 Å². The molecule has 0 bridgehead atoms. The highest BCUT2D eigenvalue weighted by atomic mass is 16.5. The minimum atomic E-state index is -0.0495. The number of nitrogens with zero attached hydrogens (tertiary/aromatic N) is 5. The molecule has 4 rings (SSSR count). The fourth-order valence-corrected chi connectivity index (χ4v) is 3.60. The molecule has 1 amide bonds. The molecular weight excluding hydrogens is 354 g/mol. The Hall–Kier alpha value is -2.96. The molecule has 0 spiro atoms. The molecule has 0 atom stereocenters. The van der Waals surface area contributed by atoms with E-state index >= 15 is 0 Å². The van der Waals surface area contributed by atoms with E-state index in [4.69, 9.17) is 4.74 Å². The maximum absolute atomic E-state index is 13.0. The molecule has 0 N–H and O–H groups in total. The summed E-state index contributed by atoms with van der Waals surface area (Å²) in [4.78, 5) is 14.9. The number of fused-ring (bicyclic) bond motifs is 1. The molecule has 0 unspecified atom stereocenters. The van der Waals surface area contributed by atoms with Crippen molar-refractivity contribution in [1.82, 2.24) is 24.7 Å². The zero-order valence-electron chi connectivity index (χ0n) is 16.5. The van der Waals surface area contributed by atoms with Crippen molar-refractivity contribution in [1.29, 1.82) is 0 Å². The number of amides is 1. The van der Waals surface area contributed by atoms with Gasteiger partial charge in [-0.25, -0.2) is 0 Å². The van der Waals surface area contributed by atoms with Crippen LogP contribution in [0.2, 0.25) is 0 Å². The zero-order chi connectivity index (χ0) is 19.7. The minimum absolute atomic E-state index is 0.0495. The van der Waals surface area contributed by atoms with Crippen molar-refractivity contribution in [2.24, 2.45) is 0 Å². The predicted molar refractivity (Wildman–Crippen MR) is 106 cm³/mol. The topological polar surface area (TPSA) is 72.6 Å². The van der Waals surface area contributed by atoms with Crippen LogP contribution in [0.1, 0.15) is 54.2 Å². The van der Waals surface area contributed by atoms with E-state index in [2.05, 4.69) is 42.1 Å². The van der Waals surface area contributed by atoms with Crippen LogP contribution in [0.25, 0.3) is 5.65 Å². The van der Waals surface area contributed by atoms with Gasteiger partial charge in [0.25, 0.3) is 5.91 Å². The fraction of sp³-hybridized carbons (Fsp3) is 0.429. The lowest BCUT2D eigenvalue weighted by atomic mass is 10.0. The first-order chi connectivity index (χ1) is 13.5. The minimum Gasteiger partial charge on any atom is -0.490 e. The number of aromatic nitrogens is 4. The van der Waals surface area contributed by atoms with Crippen LogP contribution in [-0.4, -0.2) is 49.8 Å². The normalized spacial score (nSPS) is 15.4. The van der Waals surface area contributed by atoms with E-state index in [-0.39, 0.29) is 17.9 Å². The largest absolute Gasteiger partial charge is 0.490 e. The summed E-state index contributed by atoms with van der Waals surface area (Å²) in [5.41, 5.74) is 3.31. The summed E-state index contributed by atoms with van der Waals surface area (Å²) in [5, 5.41) is 12.5. The van der Waals surface area contributed by atoms with Gasteiger partial charge in [0, 0.05) is 31.5 Å². The molecule has 1 aromatic carbocycles. The second-order valence-electron chi connectivity index (χ2n) is 7.66. The third-order valence-electron chi connectivity index (χ3n) is 5.16. The molecule has 1 fully saturated rings. The molecule has 0 aliphatic carbocycles. The number of piperidine rings is 1. The first-order valence-electron chi connectivity index (χ1n) is 9.75. The van der Waals surface area contributed by atoms with Crippen molar-refractivity contribution >= 4 is 11.6 Å². The number of benzene rings is 1. The molecule has 146 valence electrons. The Labute approximate surface area is 164 Å². The van der Waals surface area contributed by atoms with Crippen LogP contribution in [0.15, 0.2) is 36.7 Å². The van der Waals surface area contributed by atoms with Crippen LogP contribution in [0.4, 0.5) is 0 Å². The number of aryl methyl sites for hydroxylation is 1. The number of hydrogen-bond acceptors (Lipinski definition) is 5. The van der Waals surface area contributed by atoms with E-state index in [1.807, 2.05) is 29.2 Å². The van der Waals surface area contributed by atoms with Crippen LogP contribution in [0.3, 0.4) is 0 Å². The van der Waals surface area contributed by atoms with E-state index in [1.165, 1.54) is 5.56 Å². The summed E-state index contributed by atoms with van der Waals surface area (Å²) in [7, 11) is 0. The lowest BCUT2D eigenvalue weighted by Crippen LogP contribution is -2.42. The van der Waals surface area contributed by atoms with Crippen LogP contribution >= 0.6 is 0 Å². The van der Waals surface area contributed by atoms with Gasteiger partial charge in [0.15, 0.2) is 5.65 Å². The highest BCUT2D eigenvalue weighted by Crippen LogP contribution is 2.23. The number of hydrogen-bond donors (Lipinski definition) is 0. The van der Waals surface area contributed by atoms with Crippen molar-refractivity contribution in [3.05, 3.63) is 53.5 Å².